The van der Waals surface area contributed by atoms with Crippen LogP contribution in [0.1, 0.15) is 19.3 Å². The average molecular weight is 257 g/mol. The third kappa shape index (κ3) is 2.57. The van der Waals surface area contributed by atoms with E-state index < -0.39 is 0 Å². The average Bonchev–Trinajstić information content (AvgIpc) is 2.49. The first-order valence-electron chi connectivity index (χ1n) is 6.65. The van der Waals surface area contributed by atoms with Gasteiger partial charge in [0.15, 0.2) is 0 Å². The van der Waals surface area contributed by atoms with Crippen LogP contribution in [0.2, 0.25) is 0 Å². The van der Waals surface area contributed by atoms with E-state index in [-0.39, 0.29) is 5.82 Å². The number of anilines is 1. The second kappa shape index (κ2) is 5.34. The zero-order valence-electron chi connectivity index (χ0n) is 10.7. The molecule has 4 heteroatoms. The molecule has 1 fully saturated rings. The summed E-state index contributed by atoms with van der Waals surface area (Å²) in [5.41, 5.74) is 2.87. The third-order valence-electron chi connectivity index (χ3n) is 3.51. The van der Waals surface area contributed by atoms with E-state index in [4.69, 9.17) is 0 Å². The van der Waals surface area contributed by atoms with E-state index in [0.29, 0.717) is 0 Å². The van der Waals surface area contributed by atoms with Gasteiger partial charge in [0.1, 0.15) is 12.1 Å². The van der Waals surface area contributed by atoms with Gasteiger partial charge >= 0.3 is 0 Å². The van der Waals surface area contributed by atoms with Crippen LogP contribution in [0, 0.1) is 5.82 Å². The number of hydrogen-bond donors (Lipinski definition) is 0. The van der Waals surface area contributed by atoms with Crippen LogP contribution in [-0.2, 0) is 0 Å². The van der Waals surface area contributed by atoms with Crippen molar-refractivity contribution in [3.8, 4) is 11.3 Å². The number of nitrogens with zero attached hydrogens (tertiary/aromatic N) is 3. The molecule has 1 aliphatic rings. The maximum absolute atomic E-state index is 13.0. The van der Waals surface area contributed by atoms with Crippen molar-refractivity contribution in [2.45, 2.75) is 19.3 Å². The van der Waals surface area contributed by atoms with E-state index in [1.807, 2.05) is 6.20 Å². The van der Waals surface area contributed by atoms with E-state index in [1.165, 1.54) is 31.4 Å². The summed E-state index contributed by atoms with van der Waals surface area (Å²) in [4.78, 5) is 10.8. The minimum Gasteiger partial charge on any atom is -0.369 e. The summed E-state index contributed by atoms with van der Waals surface area (Å²) in [6.45, 7) is 2.09. The molecule has 0 amide bonds. The maximum Gasteiger partial charge on any atom is 0.123 e. The van der Waals surface area contributed by atoms with Crippen LogP contribution >= 0.6 is 0 Å². The first-order valence-corrected chi connectivity index (χ1v) is 6.65. The topological polar surface area (TPSA) is 29.0 Å². The van der Waals surface area contributed by atoms with Crippen molar-refractivity contribution in [2.75, 3.05) is 18.0 Å². The van der Waals surface area contributed by atoms with Crippen molar-refractivity contribution in [3.63, 3.8) is 0 Å². The van der Waals surface area contributed by atoms with Crippen LogP contribution in [0.25, 0.3) is 11.3 Å². The van der Waals surface area contributed by atoms with Crippen molar-refractivity contribution in [1.29, 1.82) is 0 Å². The summed E-state index contributed by atoms with van der Waals surface area (Å²) in [5, 5.41) is 0. The van der Waals surface area contributed by atoms with Gasteiger partial charge in [-0.15, -0.1) is 0 Å². The van der Waals surface area contributed by atoms with Crippen LogP contribution < -0.4 is 4.90 Å². The summed E-state index contributed by atoms with van der Waals surface area (Å²) in [7, 11) is 0. The number of rotatable bonds is 2. The van der Waals surface area contributed by atoms with E-state index in [9.17, 15) is 4.39 Å². The fraction of sp³-hybridized carbons (Fsp3) is 0.333. The molecule has 98 valence electrons. The van der Waals surface area contributed by atoms with Gasteiger partial charge in [-0.1, -0.05) is 0 Å². The Hall–Kier alpha value is -1.97. The quantitative estimate of drug-likeness (QED) is 0.826. The number of piperidine rings is 1. The molecule has 19 heavy (non-hydrogen) atoms. The first-order chi connectivity index (χ1) is 9.34. The molecule has 2 heterocycles. The molecular formula is C15H16FN3. The summed E-state index contributed by atoms with van der Waals surface area (Å²) in [6.07, 6.45) is 7.11. The zero-order chi connectivity index (χ0) is 13.1. The summed E-state index contributed by atoms with van der Waals surface area (Å²) in [5.74, 6) is -0.225. The molecule has 0 unspecified atom stereocenters. The lowest BCUT2D eigenvalue weighted by atomic mass is 10.1. The zero-order valence-corrected chi connectivity index (χ0v) is 10.7. The van der Waals surface area contributed by atoms with Crippen molar-refractivity contribution in [1.82, 2.24) is 9.97 Å². The van der Waals surface area contributed by atoms with Gasteiger partial charge in [-0.2, -0.15) is 0 Å². The lowest BCUT2D eigenvalue weighted by Crippen LogP contribution is -2.30. The standard InChI is InChI=1S/C15H16FN3/c16-13-6-4-12(5-7-13)15-14(10-17-11-18-15)19-8-2-1-3-9-19/h4-7,10-11H,1-3,8-9H2. The van der Waals surface area contributed by atoms with Crippen LogP contribution in [-0.4, -0.2) is 23.1 Å². The highest BCUT2D eigenvalue weighted by molar-refractivity contribution is 5.74. The molecule has 0 saturated carbocycles. The highest BCUT2D eigenvalue weighted by Gasteiger charge is 2.16. The summed E-state index contributed by atoms with van der Waals surface area (Å²) in [6, 6.07) is 6.48. The molecule has 1 saturated heterocycles. The predicted octanol–water partition coefficient (Wildman–Crippen LogP) is 3.27. The number of aromatic nitrogens is 2. The molecular weight excluding hydrogens is 241 g/mol. The molecule has 2 aromatic rings. The molecule has 1 aromatic carbocycles. The molecule has 3 rings (SSSR count). The normalized spacial score (nSPS) is 15.5. The fourth-order valence-corrected chi connectivity index (χ4v) is 2.52. The van der Waals surface area contributed by atoms with Gasteiger partial charge in [0, 0.05) is 18.7 Å². The van der Waals surface area contributed by atoms with Crippen molar-refractivity contribution < 1.29 is 4.39 Å². The highest BCUT2D eigenvalue weighted by atomic mass is 19.1. The summed E-state index contributed by atoms with van der Waals surface area (Å²) < 4.78 is 13.0. The molecule has 0 aliphatic carbocycles. The number of halogens is 1. The van der Waals surface area contributed by atoms with E-state index in [1.54, 1.807) is 18.5 Å². The molecule has 0 radical (unpaired) electrons. The maximum atomic E-state index is 13.0. The third-order valence-corrected chi connectivity index (χ3v) is 3.51. The van der Waals surface area contributed by atoms with Gasteiger partial charge < -0.3 is 4.90 Å². The SMILES string of the molecule is Fc1ccc(-c2ncncc2N2CCCCC2)cc1. The van der Waals surface area contributed by atoms with Crippen molar-refractivity contribution in [3.05, 3.63) is 42.6 Å². The fourth-order valence-electron chi connectivity index (χ4n) is 2.52. The smallest absolute Gasteiger partial charge is 0.123 e. The van der Waals surface area contributed by atoms with E-state index in [0.717, 1.165) is 30.0 Å². The molecule has 0 bridgehead atoms. The van der Waals surface area contributed by atoms with Gasteiger partial charge in [0.05, 0.1) is 17.6 Å². The van der Waals surface area contributed by atoms with Gasteiger partial charge in [-0.25, -0.2) is 14.4 Å². The molecule has 0 spiro atoms. The Morgan fingerprint density at radius 1 is 1.00 bits per heavy atom. The van der Waals surface area contributed by atoms with Gasteiger partial charge in [0.25, 0.3) is 0 Å². The van der Waals surface area contributed by atoms with E-state index >= 15 is 0 Å². The van der Waals surface area contributed by atoms with Gasteiger partial charge in [-0.3, -0.25) is 0 Å². The Kier molecular flexibility index (Phi) is 3.40. The van der Waals surface area contributed by atoms with Gasteiger partial charge in [0.2, 0.25) is 0 Å². The molecule has 0 N–H and O–H groups in total. The van der Waals surface area contributed by atoms with Crippen LogP contribution in [0.3, 0.4) is 0 Å². The Labute approximate surface area is 112 Å². The molecule has 1 aliphatic heterocycles. The minimum absolute atomic E-state index is 0.225. The first kappa shape index (κ1) is 12.1. The van der Waals surface area contributed by atoms with E-state index in [2.05, 4.69) is 14.9 Å². The summed E-state index contributed by atoms with van der Waals surface area (Å²) >= 11 is 0. The molecule has 0 atom stereocenters. The van der Waals surface area contributed by atoms with Crippen molar-refractivity contribution >= 4 is 5.69 Å². The Morgan fingerprint density at radius 3 is 2.47 bits per heavy atom. The minimum atomic E-state index is -0.225. The monoisotopic (exact) mass is 257 g/mol. The number of hydrogen-bond acceptors (Lipinski definition) is 3. The van der Waals surface area contributed by atoms with Crippen molar-refractivity contribution in [2.24, 2.45) is 0 Å². The Morgan fingerprint density at radius 2 is 1.74 bits per heavy atom. The van der Waals surface area contributed by atoms with Gasteiger partial charge in [-0.05, 0) is 43.5 Å². The lowest BCUT2D eigenvalue weighted by molar-refractivity contribution is 0.577. The molecule has 1 aromatic heterocycles. The highest BCUT2D eigenvalue weighted by Crippen LogP contribution is 2.29. The second-order valence-electron chi connectivity index (χ2n) is 4.81. The largest absolute Gasteiger partial charge is 0.369 e. The Balaban J connectivity index is 1.98. The van der Waals surface area contributed by atoms with Crippen LogP contribution in [0.15, 0.2) is 36.8 Å². The predicted molar refractivity (Wildman–Crippen MR) is 73.5 cm³/mol. The lowest BCUT2D eigenvalue weighted by Gasteiger charge is -2.29. The second-order valence-corrected chi connectivity index (χ2v) is 4.81. The van der Waals surface area contributed by atoms with Crippen LogP contribution in [0.4, 0.5) is 10.1 Å². The van der Waals surface area contributed by atoms with Crippen LogP contribution in [0.5, 0.6) is 0 Å². The molecule has 3 nitrogen and oxygen atoms in total. The number of benzene rings is 1. The Bertz CT molecular complexity index is 548.